The van der Waals surface area contributed by atoms with E-state index in [1.807, 2.05) is 0 Å². The molecule has 104 valence electrons. The molecule has 0 spiro atoms. The lowest BCUT2D eigenvalue weighted by atomic mass is 10.0. The number of hydrogen-bond donors (Lipinski definition) is 1. The molecular formula is C13H18N2O3S. The van der Waals surface area contributed by atoms with Gasteiger partial charge in [0.2, 0.25) is 0 Å². The van der Waals surface area contributed by atoms with Crippen molar-refractivity contribution >= 4 is 23.2 Å². The lowest BCUT2D eigenvalue weighted by molar-refractivity contribution is 0.0648. The third-order valence-electron chi connectivity index (χ3n) is 3.50. The molecule has 1 unspecified atom stereocenters. The van der Waals surface area contributed by atoms with Crippen LogP contribution >= 0.6 is 11.3 Å². The number of likely N-dealkylation sites (N-methyl/N-ethyl adjacent to an activating group) is 2. The first-order valence-corrected chi connectivity index (χ1v) is 7.09. The van der Waals surface area contributed by atoms with E-state index in [0.29, 0.717) is 4.88 Å². The second-order valence-electron chi connectivity index (χ2n) is 4.94. The molecule has 6 heteroatoms. The van der Waals surface area contributed by atoms with Crippen molar-refractivity contribution in [2.75, 3.05) is 27.2 Å². The number of amides is 1. The summed E-state index contributed by atoms with van der Waals surface area (Å²) in [5.41, 5.74) is 0. The Labute approximate surface area is 116 Å². The van der Waals surface area contributed by atoms with Crippen LogP contribution < -0.4 is 0 Å². The van der Waals surface area contributed by atoms with Crippen molar-refractivity contribution in [3.8, 4) is 0 Å². The van der Waals surface area contributed by atoms with Crippen LogP contribution in [0, 0.1) is 0 Å². The fourth-order valence-corrected chi connectivity index (χ4v) is 3.19. The number of likely N-dealkylation sites (tertiary alicyclic amines) is 1. The second-order valence-corrected chi connectivity index (χ2v) is 6.03. The molecular weight excluding hydrogens is 264 g/mol. The van der Waals surface area contributed by atoms with Gasteiger partial charge in [-0.3, -0.25) is 4.79 Å². The highest BCUT2D eigenvalue weighted by Crippen LogP contribution is 2.21. The van der Waals surface area contributed by atoms with Gasteiger partial charge in [0, 0.05) is 19.6 Å². The third kappa shape index (κ3) is 3.13. The Bertz CT molecular complexity index is 486. The molecule has 1 N–H and O–H groups in total. The van der Waals surface area contributed by atoms with Crippen molar-refractivity contribution in [2.45, 2.75) is 18.9 Å². The Morgan fingerprint density at radius 1 is 1.42 bits per heavy atom. The van der Waals surface area contributed by atoms with Gasteiger partial charge in [-0.15, -0.1) is 11.3 Å². The number of carbonyl (C=O) groups excluding carboxylic acids is 1. The Balaban J connectivity index is 2.07. The molecule has 1 saturated heterocycles. The molecule has 0 aliphatic carbocycles. The van der Waals surface area contributed by atoms with E-state index < -0.39 is 5.97 Å². The summed E-state index contributed by atoms with van der Waals surface area (Å²) in [5.74, 6) is -1.07. The molecule has 1 atom stereocenters. The van der Waals surface area contributed by atoms with E-state index in [2.05, 4.69) is 11.9 Å². The average molecular weight is 282 g/mol. The zero-order chi connectivity index (χ0) is 14.0. The molecule has 1 amide bonds. The van der Waals surface area contributed by atoms with E-state index >= 15 is 0 Å². The summed E-state index contributed by atoms with van der Waals surface area (Å²) >= 11 is 1.04. The van der Waals surface area contributed by atoms with E-state index in [0.717, 1.165) is 37.3 Å². The van der Waals surface area contributed by atoms with Crippen LogP contribution in [0.5, 0.6) is 0 Å². The number of aromatic carboxylic acids is 1. The third-order valence-corrected chi connectivity index (χ3v) is 4.56. The molecule has 0 radical (unpaired) electrons. The minimum atomic E-state index is -0.982. The number of piperidine rings is 1. The number of rotatable bonds is 3. The normalized spacial score (nSPS) is 20.2. The van der Waals surface area contributed by atoms with Gasteiger partial charge in [0.05, 0.1) is 4.88 Å². The summed E-state index contributed by atoms with van der Waals surface area (Å²) in [7, 11) is 3.85. The highest BCUT2D eigenvalue weighted by Gasteiger charge is 2.26. The van der Waals surface area contributed by atoms with Crippen LogP contribution in [0.15, 0.2) is 12.1 Å². The summed E-state index contributed by atoms with van der Waals surface area (Å²) in [6, 6.07) is 3.29. The van der Waals surface area contributed by atoms with Gasteiger partial charge in [0.25, 0.3) is 5.91 Å². The van der Waals surface area contributed by atoms with Crippen LogP contribution in [0.4, 0.5) is 0 Å². The topological polar surface area (TPSA) is 60.9 Å². The molecule has 1 aliphatic heterocycles. The zero-order valence-electron chi connectivity index (χ0n) is 11.1. The summed E-state index contributed by atoms with van der Waals surface area (Å²) in [4.78, 5) is 27.8. The average Bonchev–Trinajstić information content (AvgIpc) is 2.86. The minimum Gasteiger partial charge on any atom is -0.477 e. The number of carboxylic acid groups (broad SMARTS) is 1. The highest BCUT2D eigenvalue weighted by atomic mass is 32.1. The molecule has 2 heterocycles. The lowest BCUT2D eigenvalue weighted by Gasteiger charge is -2.35. The van der Waals surface area contributed by atoms with Crippen molar-refractivity contribution in [3.63, 3.8) is 0 Å². The predicted molar refractivity (Wildman–Crippen MR) is 73.9 cm³/mol. The lowest BCUT2D eigenvalue weighted by Crippen LogP contribution is -2.47. The van der Waals surface area contributed by atoms with Crippen molar-refractivity contribution in [1.29, 1.82) is 0 Å². The van der Waals surface area contributed by atoms with Crippen molar-refractivity contribution in [3.05, 3.63) is 21.9 Å². The summed E-state index contributed by atoms with van der Waals surface area (Å²) in [5, 5.41) is 8.88. The second kappa shape index (κ2) is 5.71. The maximum atomic E-state index is 12.3. The first-order valence-electron chi connectivity index (χ1n) is 6.28. The molecule has 1 aromatic heterocycles. The number of carbonyl (C=O) groups is 2. The number of hydrogen-bond acceptors (Lipinski definition) is 4. The molecule has 2 rings (SSSR count). The van der Waals surface area contributed by atoms with Gasteiger partial charge < -0.3 is 14.9 Å². The number of nitrogens with zero attached hydrogens (tertiary/aromatic N) is 2. The van der Waals surface area contributed by atoms with E-state index in [9.17, 15) is 9.59 Å². The Morgan fingerprint density at radius 3 is 2.68 bits per heavy atom. The summed E-state index contributed by atoms with van der Waals surface area (Å²) in [6.07, 6.45) is 2.09. The zero-order valence-corrected chi connectivity index (χ0v) is 11.9. The van der Waals surface area contributed by atoms with Crippen LogP contribution in [0.2, 0.25) is 0 Å². The number of thiophene rings is 1. The Kier molecular flexibility index (Phi) is 4.21. The smallest absolute Gasteiger partial charge is 0.345 e. The molecule has 1 aliphatic rings. The van der Waals surface area contributed by atoms with Gasteiger partial charge in [0.1, 0.15) is 4.88 Å². The molecule has 0 aromatic carbocycles. The Hall–Kier alpha value is -1.40. The van der Waals surface area contributed by atoms with E-state index in [1.54, 1.807) is 18.0 Å². The summed E-state index contributed by atoms with van der Waals surface area (Å²) < 4.78 is 0. The van der Waals surface area contributed by atoms with Crippen molar-refractivity contribution < 1.29 is 14.7 Å². The van der Waals surface area contributed by atoms with Gasteiger partial charge >= 0.3 is 5.97 Å². The first kappa shape index (κ1) is 14.0. The molecule has 1 aromatic rings. The van der Waals surface area contributed by atoms with Gasteiger partial charge in [-0.2, -0.15) is 0 Å². The minimum absolute atomic E-state index is 0.0854. The monoisotopic (exact) mass is 282 g/mol. The van der Waals surface area contributed by atoms with E-state index in [4.69, 9.17) is 5.11 Å². The standard InChI is InChI=1S/C13H18N2O3S/c1-14-7-3-4-9(8-14)15(2)12(16)10-5-6-11(19-10)13(17)18/h5-6,9H,3-4,7-8H2,1-2H3,(H,17,18). The fourth-order valence-electron chi connectivity index (χ4n) is 2.36. The van der Waals surface area contributed by atoms with Crippen molar-refractivity contribution in [1.82, 2.24) is 9.80 Å². The molecule has 0 saturated carbocycles. The van der Waals surface area contributed by atoms with E-state index in [1.165, 1.54) is 6.07 Å². The van der Waals surface area contributed by atoms with Crippen LogP contribution in [-0.2, 0) is 0 Å². The maximum Gasteiger partial charge on any atom is 0.345 e. The molecule has 19 heavy (non-hydrogen) atoms. The van der Waals surface area contributed by atoms with Gasteiger partial charge in [0.15, 0.2) is 0 Å². The van der Waals surface area contributed by atoms with Gasteiger partial charge in [-0.25, -0.2) is 4.79 Å². The molecule has 1 fully saturated rings. The van der Waals surface area contributed by atoms with Crippen LogP contribution in [0.1, 0.15) is 32.2 Å². The van der Waals surface area contributed by atoms with Gasteiger partial charge in [-0.05, 0) is 38.6 Å². The molecule has 5 nitrogen and oxygen atoms in total. The maximum absolute atomic E-state index is 12.3. The Morgan fingerprint density at radius 2 is 2.11 bits per heavy atom. The van der Waals surface area contributed by atoms with Crippen LogP contribution in [0.3, 0.4) is 0 Å². The molecule has 0 bridgehead atoms. The van der Waals surface area contributed by atoms with Gasteiger partial charge in [-0.1, -0.05) is 0 Å². The highest BCUT2D eigenvalue weighted by molar-refractivity contribution is 7.15. The predicted octanol–water partition coefficient (Wildman–Crippen LogP) is 1.61. The quantitative estimate of drug-likeness (QED) is 0.915. The first-order chi connectivity index (χ1) is 8.99. The van der Waals surface area contributed by atoms with E-state index in [-0.39, 0.29) is 16.8 Å². The number of carboxylic acids is 1. The SMILES string of the molecule is CN1CCCC(N(C)C(=O)c2ccc(C(=O)O)s2)C1. The summed E-state index contributed by atoms with van der Waals surface area (Å²) in [6.45, 7) is 1.94. The van der Waals surface area contributed by atoms with Crippen LogP contribution in [0.25, 0.3) is 0 Å². The fraction of sp³-hybridized carbons (Fsp3) is 0.538. The van der Waals surface area contributed by atoms with Crippen molar-refractivity contribution in [2.24, 2.45) is 0 Å². The van der Waals surface area contributed by atoms with Crippen LogP contribution in [-0.4, -0.2) is 60.0 Å². The largest absolute Gasteiger partial charge is 0.477 e.